The molecule has 0 atom stereocenters. The van der Waals surface area contributed by atoms with Gasteiger partial charge in [-0.15, -0.1) is 0 Å². The molecule has 2 N–H and O–H groups in total. The molecule has 1 heterocycles. The van der Waals surface area contributed by atoms with Gasteiger partial charge in [-0.3, -0.25) is 0 Å². The van der Waals surface area contributed by atoms with E-state index in [9.17, 15) is 0 Å². The Morgan fingerprint density at radius 2 is 1.96 bits per heavy atom. The van der Waals surface area contributed by atoms with Crippen LogP contribution in [-0.2, 0) is 13.0 Å². The summed E-state index contributed by atoms with van der Waals surface area (Å²) in [4.78, 5) is 8.72. The molecule has 1 aromatic heterocycles. The molecule has 6 nitrogen and oxygen atoms in total. The normalized spacial score (nSPS) is 11.2. The first kappa shape index (κ1) is 22.1. The first-order valence-electron chi connectivity index (χ1n) is 9.19. The molecule has 1 aromatic carbocycles. The molecule has 0 aliphatic rings. The number of guanidine groups is 1. The number of aliphatic imine (C=N–C) groups is 1. The molecule has 0 unspecified atom stereocenters. The standard InChI is InChI=1S/C20H26Cl2N4O2/c1-4-23-20(24-9-8-14-6-7-18(22)25-12-14)26-13-15-10-16(21)19(28-5-2)17(11-15)27-3/h6-7,10-12H,4-5,8-9,13H2,1-3H3,(H2,23,24,26). The van der Waals surface area contributed by atoms with Crippen LogP contribution < -0.4 is 20.1 Å². The Labute approximate surface area is 176 Å². The number of benzene rings is 1. The van der Waals surface area contributed by atoms with E-state index in [2.05, 4.69) is 20.6 Å². The van der Waals surface area contributed by atoms with E-state index in [1.165, 1.54) is 0 Å². The Hall–Kier alpha value is -2.18. The third-order valence-corrected chi connectivity index (χ3v) is 4.34. The Balaban J connectivity index is 2.01. The van der Waals surface area contributed by atoms with Gasteiger partial charge in [-0.25, -0.2) is 9.98 Å². The van der Waals surface area contributed by atoms with Gasteiger partial charge in [-0.05, 0) is 49.6 Å². The number of pyridine rings is 1. The Morgan fingerprint density at radius 1 is 1.14 bits per heavy atom. The summed E-state index contributed by atoms with van der Waals surface area (Å²) in [6, 6.07) is 7.50. The zero-order valence-electron chi connectivity index (χ0n) is 16.4. The number of aromatic nitrogens is 1. The minimum Gasteiger partial charge on any atom is -0.493 e. The van der Waals surface area contributed by atoms with Gasteiger partial charge in [-0.1, -0.05) is 29.3 Å². The van der Waals surface area contributed by atoms with E-state index < -0.39 is 0 Å². The number of rotatable bonds is 9. The van der Waals surface area contributed by atoms with Crippen molar-refractivity contribution in [3.8, 4) is 11.5 Å². The van der Waals surface area contributed by atoms with E-state index in [0.717, 1.165) is 36.6 Å². The van der Waals surface area contributed by atoms with Gasteiger partial charge in [-0.2, -0.15) is 0 Å². The lowest BCUT2D eigenvalue weighted by atomic mass is 10.2. The first-order valence-corrected chi connectivity index (χ1v) is 9.94. The van der Waals surface area contributed by atoms with E-state index in [1.54, 1.807) is 19.4 Å². The molecule has 0 amide bonds. The first-order chi connectivity index (χ1) is 13.6. The fourth-order valence-electron chi connectivity index (χ4n) is 2.54. The van der Waals surface area contributed by atoms with E-state index >= 15 is 0 Å². The van der Waals surface area contributed by atoms with E-state index in [0.29, 0.717) is 34.8 Å². The summed E-state index contributed by atoms with van der Waals surface area (Å²) in [5.41, 5.74) is 2.04. The third-order valence-electron chi connectivity index (χ3n) is 3.84. The second-order valence-electron chi connectivity index (χ2n) is 5.90. The molecular formula is C20H26Cl2N4O2. The van der Waals surface area contributed by atoms with Crippen molar-refractivity contribution in [2.24, 2.45) is 4.99 Å². The second kappa shape index (κ2) is 11.6. The third kappa shape index (κ3) is 6.77. The molecule has 0 aliphatic carbocycles. The minimum absolute atomic E-state index is 0.459. The Kier molecular flexibility index (Phi) is 9.17. The molecule has 0 saturated heterocycles. The molecule has 0 aliphatic heterocycles. The van der Waals surface area contributed by atoms with Crippen molar-refractivity contribution >= 4 is 29.2 Å². The van der Waals surface area contributed by atoms with E-state index in [1.807, 2.05) is 32.0 Å². The van der Waals surface area contributed by atoms with Gasteiger partial charge in [0.2, 0.25) is 0 Å². The maximum absolute atomic E-state index is 6.33. The Bertz CT molecular complexity index is 783. The number of nitrogens with zero attached hydrogens (tertiary/aromatic N) is 2. The second-order valence-corrected chi connectivity index (χ2v) is 6.70. The molecule has 0 spiro atoms. The summed E-state index contributed by atoms with van der Waals surface area (Å²) in [7, 11) is 1.60. The minimum atomic E-state index is 0.459. The van der Waals surface area contributed by atoms with E-state index in [4.69, 9.17) is 32.7 Å². The van der Waals surface area contributed by atoms with Crippen LogP contribution in [0.5, 0.6) is 11.5 Å². The summed E-state index contributed by atoms with van der Waals surface area (Å²) < 4.78 is 10.9. The molecule has 0 radical (unpaired) electrons. The number of ether oxygens (including phenoxy) is 2. The number of halogens is 2. The molecule has 8 heteroatoms. The van der Waals surface area contributed by atoms with Crippen LogP contribution >= 0.6 is 23.2 Å². The lowest BCUT2D eigenvalue weighted by molar-refractivity contribution is 0.311. The van der Waals surface area contributed by atoms with E-state index in [-0.39, 0.29) is 0 Å². The van der Waals surface area contributed by atoms with Crippen LogP contribution in [0.1, 0.15) is 25.0 Å². The summed E-state index contributed by atoms with van der Waals surface area (Å²) in [5.74, 6) is 1.89. The zero-order chi connectivity index (χ0) is 20.4. The molecule has 2 aromatic rings. The predicted molar refractivity (Wildman–Crippen MR) is 115 cm³/mol. The highest BCUT2D eigenvalue weighted by molar-refractivity contribution is 6.32. The van der Waals surface area contributed by atoms with Crippen LogP contribution in [0.15, 0.2) is 35.5 Å². The number of hydrogen-bond acceptors (Lipinski definition) is 4. The smallest absolute Gasteiger partial charge is 0.191 e. The van der Waals surface area contributed by atoms with Crippen LogP contribution in [0.3, 0.4) is 0 Å². The van der Waals surface area contributed by atoms with Gasteiger partial charge in [0.1, 0.15) is 5.15 Å². The van der Waals surface area contributed by atoms with Crippen molar-refractivity contribution in [1.29, 1.82) is 0 Å². The molecule has 0 saturated carbocycles. The average Bonchev–Trinajstić information content (AvgIpc) is 2.69. The van der Waals surface area contributed by atoms with Gasteiger partial charge in [0, 0.05) is 19.3 Å². The fourth-order valence-corrected chi connectivity index (χ4v) is 2.94. The van der Waals surface area contributed by atoms with Gasteiger partial charge in [0.25, 0.3) is 0 Å². The van der Waals surface area contributed by atoms with Crippen molar-refractivity contribution in [3.05, 3.63) is 51.8 Å². The highest BCUT2D eigenvalue weighted by Crippen LogP contribution is 2.36. The predicted octanol–water partition coefficient (Wildman–Crippen LogP) is 4.09. The average molecular weight is 425 g/mol. The fraction of sp³-hybridized carbons (Fsp3) is 0.400. The van der Waals surface area contributed by atoms with Crippen LogP contribution in [-0.4, -0.2) is 37.7 Å². The van der Waals surface area contributed by atoms with Crippen molar-refractivity contribution in [1.82, 2.24) is 15.6 Å². The van der Waals surface area contributed by atoms with Crippen molar-refractivity contribution in [2.75, 3.05) is 26.8 Å². The van der Waals surface area contributed by atoms with Gasteiger partial charge in [0.05, 0.1) is 25.3 Å². The number of hydrogen-bond donors (Lipinski definition) is 2. The van der Waals surface area contributed by atoms with Gasteiger partial charge < -0.3 is 20.1 Å². The van der Waals surface area contributed by atoms with Gasteiger partial charge >= 0.3 is 0 Å². The number of nitrogens with one attached hydrogen (secondary N) is 2. The van der Waals surface area contributed by atoms with Crippen molar-refractivity contribution in [2.45, 2.75) is 26.8 Å². The lowest BCUT2D eigenvalue weighted by Crippen LogP contribution is -2.38. The SMILES string of the molecule is CCNC(=NCc1cc(Cl)c(OCC)c(OC)c1)NCCc1ccc(Cl)nc1. The zero-order valence-corrected chi connectivity index (χ0v) is 17.9. The topological polar surface area (TPSA) is 67.8 Å². The summed E-state index contributed by atoms with van der Waals surface area (Å²) in [6.07, 6.45) is 2.60. The van der Waals surface area contributed by atoms with Crippen LogP contribution in [0.25, 0.3) is 0 Å². The summed E-state index contributed by atoms with van der Waals surface area (Å²) in [5, 5.41) is 7.56. The van der Waals surface area contributed by atoms with Crippen LogP contribution in [0.4, 0.5) is 0 Å². The van der Waals surface area contributed by atoms with Gasteiger partial charge in [0.15, 0.2) is 17.5 Å². The molecule has 0 fully saturated rings. The van der Waals surface area contributed by atoms with Crippen LogP contribution in [0, 0.1) is 0 Å². The number of methoxy groups -OCH3 is 1. The molecule has 152 valence electrons. The quantitative estimate of drug-likeness (QED) is 0.360. The molecule has 0 bridgehead atoms. The molecule has 2 rings (SSSR count). The highest BCUT2D eigenvalue weighted by atomic mass is 35.5. The largest absolute Gasteiger partial charge is 0.493 e. The molecular weight excluding hydrogens is 399 g/mol. The summed E-state index contributed by atoms with van der Waals surface area (Å²) in [6.45, 7) is 6.40. The monoisotopic (exact) mass is 424 g/mol. The van der Waals surface area contributed by atoms with Crippen molar-refractivity contribution in [3.63, 3.8) is 0 Å². The molecule has 28 heavy (non-hydrogen) atoms. The maximum atomic E-state index is 6.33. The highest BCUT2D eigenvalue weighted by Gasteiger charge is 2.11. The lowest BCUT2D eigenvalue weighted by Gasteiger charge is -2.14. The van der Waals surface area contributed by atoms with Crippen LogP contribution in [0.2, 0.25) is 10.2 Å². The maximum Gasteiger partial charge on any atom is 0.191 e. The van der Waals surface area contributed by atoms with Crippen molar-refractivity contribution < 1.29 is 9.47 Å². The Morgan fingerprint density at radius 3 is 2.61 bits per heavy atom. The summed E-state index contributed by atoms with van der Waals surface area (Å²) >= 11 is 12.1.